The second-order valence-electron chi connectivity index (χ2n) is 10.1. The Morgan fingerprint density at radius 1 is 0.765 bits per heavy atom. The van der Waals surface area contributed by atoms with Gasteiger partial charge in [0.15, 0.2) is 0 Å². The maximum atomic E-state index is 11.6. The number of aromatic nitrogens is 3. The van der Waals surface area contributed by atoms with Crippen molar-refractivity contribution in [3.63, 3.8) is 0 Å². The van der Waals surface area contributed by atoms with Crippen molar-refractivity contribution >= 4 is 11.0 Å². The summed E-state index contributed by atoms with van der Waals surface area (Å²) in [6.07, 6.45) is 8.77. The van der Waals surface area contributed by atoms with Gasteiger partial charge in [-0.25, -0.2) is 0 Å². The van der Waals surface area contributed by atoms with Crippen LogP contribution in [0.5, 0.6) is 5.75 Å². The Hall–Kier alpha value is -3.66. The number of hydrogen-bond acceptors (Lipinski definition) is 3. The first-order valence-electron chi connectivity index (χ1n) is 11.9. The zero-order chi connectivity index (χ0) is 23.9. The Labute approximate surface area is 201 Å². The highest BCUT2D eigenvalue weighted by atomic mass is 16.3. The van der Waals surface area contributed by atoms with Crippen LogP contribution in [-0.4, -0.2) is 20.1 Å². The van der Waals surface area contributed by atoms with Gasteiger partial charge in [0.25, 0.3) is 0 Å². The molecule has 0 saturated heterocycles. The minimum atomic E-state index is -0.384. The molecule has 1 N–H and O–H groups in total. The summed E-state index contributed by atoms with van der Waals surface area (Å²) in [7, 11) is 0. The fourth-order valence-electron chi connectivity index (χ4n) is 4.83. The number of hydrogen-bond donors (Lipinski definition) is 1. The fourth-order valence-corrected chi connectivity index (χ4v) is 4.83. The molecule has 0 saturated carbocycles. The van der Waals surface area contributed by atoms with Gasteiger partial charge >= 0.3 is 0 Å². The number of phenols is 1. The Morgan fingerprint density at radius 2 is 1.41 bits per heavy atom. The zero-order valence-corrected chi connectivity index (χ0v) is 20.3. The van der Waals surface area contributed by atoms with Crippen LogP contribution in [0.25, 0.3) is 16.7 Å². The molecule has 1 aliphatic rings. The van der Waals surface area contributed by atoms with Crippen LogP contribution in [0.3, 0.4) is 0 Å². The molecule has 4 aromatic rings. The van der Waals surface area contributed by atoms with Crippen molar-refractivity contribution in [2.24, 2.45) is 0 Å². The Balaban J connectivity index is 1.76. The molecule has 5 rings (SSSR count). The van der Waals surface area contributed by atoms with Crippen LogP contribution in [0.2, 0.25) is 0 Å². The largest absolute Gasteiger partial charge is 0.505 e. The molecule has 4 nitrogen and oxygen atoms in total. The van der Waals surface area contributed by atoms with Crippen LogP contribution in [0, 0.1) is 0 Å². The van der Waals surface area contributed by atoms with Gasteiger partial charge in [-0.2, -0.15) is 0 Å². The SMILES string of the molecule is CC(C)(C1=CCCC=C1)c1cc(C(C)(C)c2ccccc2)cc(-n2nc3ccccc3n2)c1O. The van der Waals surface area contributed by atoms with E-state index in [4.69, 9.17) is 10.2 Å². The highest BCUT2D eigenvalue weighted by Crippen LogP contribution is 2.44. The van der Waals surface area contributed by atoms with E-state index in [9.17, 15) is 5.11 Å². The van der Waals surface area contributed by atoms with Gasteiger partial charge in [-0.05, 0) is 47.7 Å². The van der Waals surface area contributed by atoms with Crippen molar-refractivity contribution in [1.82, 2.24) is 15.0 Å². The van der Waals surface area contributed by atoms with E-state index in [1.807, 2.05) is 36.4 Å². The van der Waals surface area contributed by atoms with Crippen molar-refractivity contribution < 1.29 is 5.11 Å². The van der Waals surface area contributed by atoms with Crippen LogP contribution in [0.4, 0.5) is 0 Å². The number of benzene rings is 3. The fraction of sp³-hybridized carbons (Fsp3) is 0.267. The lowest BCUT2D eigenvalue weighted by Crippen LogP contribution is -2.25. The first kappa shape index (κ1) is 22.1. The van der Waals surface area contributed by atoms with Crippen LogP contribution in [-0.2, 0) is 10.8 Å². The van der Waals surface area contributed by atoms with Gasteiger partial charge in [-0.15, -0.1) is 15.0 Å². The molecule has 0 amide bonds. The molecule has 0 radical (unpaired) electrons. The molecule has 0 spiro atoms. The van der Waals surface area contributed by atoms with E-state index in [0.29, 0.717) is 5.69 Å². The third-order valence-electron chi connectivity index (χ3n) is 7.20. The monoisotopic (exact) mass is 449 g/mol. The first-order valence-corrected chi connectivity index (χ1v) is 11.9. The lowest BCUT2D eigenvalue weighted by Gasteiger charge is -2.33. The van der Waals surface area contributed by atoms with Crippen molar-refractivity contribution in [2.45, 2.75) is 51.4 Å². The topological polar surface area (TPSA) is 50.9 Å². The molecular weight excluding hydrogens is 418 g/mol. The summed E-state index contributed by atoms with van der Waals surface area (Å²) in [6.45, 7) is 8.81. The summed E-state index contributed by atoms with van der Waals surface area (Å²) in [5.74, 6) is 0.220. The molecule has 0 fully saturated rings. The molecule has 1 heterocycles. The van der Waals surface area contributed by atoms with E-state index in [1.165, 1.54) is 11.1 Å². The molecule has 3 aromatic carbocycles. The molecule has 34 heavy (non-hydrogen) atoms. The van der Waals surface area contributed by atoms with Gasteiger partial charge in [-0.3, -0.25) is 0 Å². The van der Waals surface area contributed by atoms with Gasteiger partial charge in [0.2, 0.25) is 0 Å². The predicted molar refractivity (Wildman–Crippen MR) is 139 cm³/mol. The molecule has 0 aliphatic heterocycles. The van der Waals surface area contributed by atoms with Crippen molar-refractivity contribution in [2.75, 3.05) is 0 Å². The zero-order valence-electron chi connectivity index (χ0n) is 20.3. The number of allylic oxidation sites excluding steroid dienone is 4. The van der Waals surface area contributed by atoms with Crippen LogP contribution >= 0.6 is 0 Å². The second kappa shape index (κ2) is 8.28. The maximum absolute atomic E-state index is 11.6. The Bertz CT molecular complexity index is 1370. The highest BCUT2D eigenvalue weighted by Gasteiger charge is 2.33. The van der Waals surface area contributed by atoms with Gasteiger partial charge < -0.3 is 5.11 Å². The summed E-state index contributed by atoms with van der Waals surface area (Å²) in [5.41, 5.74) is 5.95. The van der Waals surface area contributed by atoms with Gasteiger partial charge in [0.1, 0.15) is 22.5 Å². The number of rotatable bonds is 5. The summed E-state index contributed by atoms with van der Waals surface area (Å²) >= 11 is 0. The Morgan fingerprint density at radius 3 is 2.03 bits per heavy atom. The predicted octanol–water partition coefficient (Wildman–Crippen LogP) is 7.01. The van der Waals surface area contributed by atoms with E-state index in [2.05, 4.69) is 76.3 Å². The average Bonchev–Trinajstić information content (AvgIpc) is 3.29. The van der Waals surface area contributed by atoms with Gasteiger partial charge in [0, 0.05) is 16.4 Å². The molecule has 0 atom stereocenters. The highest BCUT2D eigenvalue weighted by molar-refractivity contribution is 5.74. The Kier molecular flexibility index (Phi) is 5.40. The molecule has 0 bridgehead atoms. The van der Waals surface area contributed by atoms with Crippen molar-refractivity contribution in [3.8, 4) is 11.4 Å². The van der Waals surface area contributed by atoms with Gasteiger partial charge in [0.05, 0.1) is 0 Å². The molecular formula is C30H31N3O. The van der Waals surface area contributed by atoms with Crippen molar-refractivity contribution in [3.05, 3.63) is 107 Å². The van der Waals surface area contributed by atoms with Crippen LogP contribution in [0.15, 0.2) is 90.5 Å². The molecule has 0 unspecified atom stereocenters. The molecule has 1 aliphatic carbocycles. The quantitative estimate of drug-likeness (QED) is 0.357. The number of aromatic hydroxyl groups is 1. The normalized spacial score (nSPS) is 14.4. The minimum absolute atomic E-state index is 0.220. The maximum Gasteiger partial charge on any atom is 0.147 e. The van der Waals surface area contributed by atoms with E-state index in [-0.39, 0.29) is 16.6 Å². The van der Waals surface area contributed by atoms with E-state index in [1.54, 1.807) is 4.80 Å². The van der Waals surface area contributed by atoms with Crippen LogP contribution in [0.1, 0.15) is 57.2 Å². The standard InChI is InChI=1S/C30H31N3O/c1-29(2,21-13-7-5-8-14-21)23-19-24(30(3,4)22-15-9-6-10-16-22)28(34)27(20-23)33-31-25-17-11-12-18-26(25)32-33/h5,7-9,11-20,34H,6,10H2,1-4H3. The van der Waals surface area contributed by atoms with E-state index in [0.717, 1.165) is 35.0 Å². The van der Waals surface area contributed by atoms with E-state index >= 15 is 0 Å². The lowest BCUT2D eigenvalue weighted by molar-refractivity contribution is 0.444. The minimum Gasteiger partial charge on any atom is -0.505 e. The van der Waals surface area contributed by atoms with E-state index < -0.39 is 0 Å². The second-order valence-corrected chi connectivity index (χ2v) is 10.1. The van der Waals surface area contributed by atoms with Crippen LogP contribution < -0.4 is 0 Å². The van der Waals surface area contributed by atoms with Crippen molar-refractivity contribution in [1.29, 1.82) is 0 Å². The smallest absolute Gasteiger partial charge is 0.147 e. The first-order chi connectivity index (χ1) is 16.3. The summed E-state index contributed by atoms with van der Waals surface area (Å²) in [6, 6.07) is 22.5. The number of fused-ring (bicyclic) bond motifs is 1. The third kappa shape index (κ3) is 3.73. The average molecular weight is 450 g/mol. The molecule has 1 aromatic heterocycles. The summed E-state index contributed by atoms with van der Waals surface area (Å²) in [5, 5.41) is 21.0. The number of phenolic OH excluding ortho intramolecular Hbond substituents is 1. The third-order valence-corrected chi connectivity index (χ3v) is 7.20. The summed E-state index contributed by atoms with van der Waals surface area (Å²) in [4.78, 5) is 1.58. The van der Waals surface area contributed by atoms with Gasteiger partial charge in [-0.1, -0.05) is 94.5 Å². The number of nitrogens with zero attached hydrogens (tertiary/aromatic N) is 3. The molecule has 4 heteroatoms. The lowest BCUT2D eigenvalue weighted by atomic mass is 9.71. The summed E-state index contributed by atoms with van der Waals surface area (Å²) < 4.78 is 0. The molecule has 172 valence electrons.